The van der Waals surface area contributed by atoms with Crippen molar-refractivity contribution < 1.29 is 13.2 Å². The summed E-state index contributed by atoms with van der Waals surface area (Å²) >= 11 is 1.30. The van der Waals surface area contributed by atoms with Crippen LogP contribution in [-0.4, -0.2) is 48.5 Å². The Labute approximate surface area is 148 Å². The number of pyridine rings is 1. The largest absolute Gasteiger partial charge is 0.353 e. The highest BCUT2D eigenvalue weighted by Crippen LogP contribution is 2.22. The second-order valence-corrected chi connectivity index (χ2v) is 9.27. The molecule has 0 aromatic carbocycles. The summed E-state index contributed by atoms with van der Waals surface area (Å²) in [6.45, 7) is 7.24. The molecule has 1 fully saturated rings. The average Bonchev–Trinajstić information content (AvgIpc) is 3.08. The molecular formula is C16H25N3O3S2. The second kappa shape index (κ2) is 8.31. The molecule has 1 saturated heterocycles. The number of rotatable bonds is 7. The summed E-state index contributed by atoms with van der Waals surface area (Å²) in [5.41, 5.74) is 0. The van der Waals surface area contributed by atoms with Gasteiger partial charge in [0.05, 0.1) is 10.8 Å². The van der Waals surface area contributed by atoms with Crippen LogP contribution in [0.5, 0.6) is 0 Å². The number of hydrogen-bond donors (Lipinski definition) is 1. The molecule has 1 aromatic heterocycles. The number of nitrogens with one attached hydrogen (secondary N) is 1. The fourth-order valence-corrected chi connectivity index (χ4v) is 4.40. The van der Waals surface area contributed by atoms with Gasteiger partial charge in [-0.25, -0.2) is 13.4 Å². The zero-order valence-corrected chi connectivity index (χ0v) is 16.0. The van der Waals surface area contributed by atoms with E-state index in [2.05, 4.69) is 24.1 Å². The van der Waals surface area contributed by atoms with Crippen LogP contribution in [0.15, 0.2) is 28.3 Å². The van der Waals surface area contributed by atoms with Gasteiger partial charge in [0, 0.05) is 25.3 Å². The lowest BCUT2D eigenvalue weighted by molar-refractivity contribution is -0.119. The minimum atomic E-state index is -3.43. The molecule has 134 valence electrons. The highest BCUT2D eigenvalue weighted by Gasteiger charge is 2.27. The Bertz CT molecular complexity index is 654. The van der Waals surface area contributed by atoms with Crippen molar-refractivity contribution >= 4 is 27.7 Å². The van der Waals surface area contributed by atoms with Gasteiger partial charge in [0.1, 0.15) is 4.90 Å². The van der Waals surface area contributed by atoms with Gasteiger partial charge in [-0.3, -0.25) is 4.79 Å². The lowest BCUT2D eigenvalue weighted by Gasteiger charge is -2.17. The molecule has 1 aromatic rings. The van der Waals surface area contributed by atoms with Gasteiger partial charge in [-0.1, -0.05) is 25.6 Å². The number of carbonyl (C=O) groups excluding carboxylic acids is 1. The van der Waals surface area contributed by atoms with Gasteiger partial charge in [0.25, 0.3) is 0 Å². The zero-order chi connectivity index (χ0) is 17.7. The Kier molecular flexibility index (Phi) is 6.65. The average molecular weight is 372 g/mol. The minimum Gasteiger partial charge on any atom is -0.353 e. The van der Waals surface area contributed by atoms with E-state index in [1.54, 1.807) is 12.1 Å². The second-order valence-electron chi connectivity index (χ2n) is 6.33. The van der Waals surface area contributed by atoms with Crippen LogP contribution < -0.4 is 5.32 Å². The Balaban J connectivity index is 1.91. The van der Waals surface area contributed by atoms with Gasteiger partial charge in [-0.05, 0) is 37.8 Å². The van der Waals surface area contributed by atoms with Gasteiger partial charge < -0.3 is 5.32 Å². The number of aromatic nitrogens is 1. The quantitative estimate of drug-likeness (QED) is 0.743. The lowest BCUT2D eigenvalue weighted by atomic mass is 10.1. The SMILES string of the molecule is CC(C)[C@H](C)NC(=O)CSc1ccc(S(=O)(=O)N2CCCC2)cn1. The number of nitrogens with zero attached hydrogens (tertiary/aromatic N) is 2. The van der Waals surface area contributed by atoms with E-state index in [4.69, 9.17) is 0 Å². The molecule has 0 unspecified atom stereocenters. The normalized spacial score (nSPS) is 17.2. The maximum absolute atomic E-state index is 12.4. The van der Waals surface area contributed by atoms with Crippen molar-refractivity contribution in [2.24, 2.45) is 5.92 Å². The fourth-order valence-electron chi connectivity index (χ4n) is 2.28. The number of amides is 1. The van der Waals surface area contributed by atoms with Crippen LogP contribution in [0.1, 0.15) is 33.6 Å². The van der Waals surface area contributed by atoms with Gasteiger partial charge in [-0.2, -0.15) is 4.31 Å². The monoisotopic (exact) mass is 371 g/mol. The molecule has 0 bridgehead atoms. The molecule has 6 nitrogen and oxygen atoms in total. The number of sulfonamides is 1. The molecule has 1 N–H and O–H groups in total. The van der Waals surface area contributed by atoms with Crippen molar-refractivity contribution in [3.8, 4) is 0 Å². The predicted octanol–water partition coefficient (Wildman–Crippen LogP) is 2.12. The van der Waals surface area contributed by atoms with E-state index in [0.29, 0.717) is 24.0 Å². The van der Waals surface area contributed by atoms with Gasteiger partial charge in [0.15, 0.2) is 0 Å². The zero-order valence-electron chi connectivity index (χ0n) is 14.4. The van der Waals surface area contributed by atoms with Crippen molar-refractivity contribution in [2.75, 3.05) is 18.8 Å². The minimum absolute atomic E-state index is 0.0447. The fraction of sp³-hybridized carbons (Fsp3) is 0.625. The first kappa shape index (κ1) is 19.2. The lowest BCUT2D eigenvalue weighted by Crippen LogP contribution is -2.37. The Morgan fingerprint density at radius 2 is 1.96 bits per heavy atom. The first-order valence-electron chi connectivity index (χ1n) is 8.19. The van der Waals surface area contributed by atoms with Crippen molar-refractivity contribution in [2.45, 2.75) is 49.6 Å². The Morgan fingerprint density at radius 1 is 1.29 bits per heavy atom. The third-order valence-electron chi connectivity index (χ3n) is 4.15. The highest BCUT2D eigenvalue weighted by atomic mass is 32.2. The van der Waals surface area contributed by atoms with Crippen LogP contribution >= 0.6 is 11.8 Å². The smallest absolute Gasteiger partial charge is 0.244 e. The maximum Gasteiger partial charge on any atom is 0.244 e. The molecule has 0 aliphatic carbocycles. The van der Waals surface area contributed by atoms with E-state index < -0.39 is 10.0 Å². The number of hydrogen-bond acceptors (Lipinski definition) is 5. The molecule has 1 aliphatic rings. The van der Waals surface area contributed by atoms with Crippen LogP contribution in [0.25, 0.3) is 0 Å². The molecule has 1 atom stereocenters. The van der Waals surface area contributed by atoms with Crippen molar-refractivity contribution in [1.29, 1.82) is 0 Å². The molecule has 1 aliphatic heterocycles. The summed E-state index contributed by atoms with van der Waals surface area (Å²) in [5, 5.41) is 3.57. The molecule has 0 saturated carbocycles. The molecular weight excluding hydrogens is 346 g/mol. The van der Waals surface area contributed by atoms with Crippen molar-refractivity contribution in [3.63, 3.8) is 0 Å². The summed E-state index contributed by atoms with van der Waals surface area (Å²) in [6.07, 6.45) is 3.19. The standard InChI is InChI=1S/C16H25N3O3S2/c1-12(2)13(3)18-15(20)11-23-16-7-6-14(10-17-16)24(21,22)19-8-4-5-9-19/h6-7,10,12-13H,4-5,8-9,11H2,1-3H3,(H,18,20)/t13-/m0/s1. The van der Waals surface area contributed by atoms with Crippen LogP contribution in [-0.2, 0) is 14.8 Å². The van der Waals surface area contributed by atoms with E-state index in [-0.39, 0.29) is 22.6 Å². The molecule has 1 amide bonds. The number of carbonyl (C=O) groups is 1. The van der Waals surface area contributed by atoms with Crippen LogP contribution in [0.2, 0.25) is 0 Å². The van der Waals surface area contributed by atoms with Gasteiger partial charge in [0.2, 0.25) is 15.9 Å². The summed E-state index contributed by atoms with van der Waals surface area (Å²) in [5.74, 6) is 0.603. The molecule has 2 rings (SSSR count). The molecule has 8 heteroatoms. The highest BCUT2D eigenvalue weighted by molar-refractivity contribution is 7.99. The van der Waals surface area contributed by atoms with Gasteiger partial charge >= 0.3 is 0 Å². The van der Waals surface area contributed by atoms with Gasteiger partial charge in [-0.15, -0.1) is 0 Å². The van der Waals surface area contributed by atoms with E-state index in [1.807, 2.05) is 6.92 Å². The predicted molar refractivity (Wildman–Crippen MR) is 95.4 cm³/mol. The maximum atomic E-state index is 12.4. The van der Waals surface area contributed by atoms with E-state index in [1.165, 1.54) is 22.3 Å². The van der Waals surface area contributed by atoms with Crippen molar-refractivity contribution in [3.05, 3.63) is 18.3 Å². The first-order valence-corrected chi connectivity index (χ1v) is 10.6. The summed E-state index contributed by atoms with van der Waals surface area (Å²) in [6, 6.07) is 3.35. The van der Waals surface area contributed by atoms with Crippen molar-refractivity contribution in [1.82, 2.24) is 14.6 Å². The summed E-state index contributed by atoms with van der Waals surface area (Å²) in [7, 11) is -3.43. The Hall–Kier alpha value is -1.12. The molecule has 2 heterocycles. The van der Waals surface area contributed by atoms with E-state index >= 15 is 0 Å². The first-order chi connectivity index (χ1) is 11.3. The summed E-state index contributed by atoms with van der Waals surface area (Å²) in [4.78, 5) is 16.3. The van der Waals surface area contributed by atoms with Crippen LogP contribution in [0.3, 0.4) is 0 Å². The van der Waals surface area contributed by atoms with E-state index in [0.717, 1.165) is 12.8 Å². The third-order valence-corrected chi connectivity index (χ3v) is 6.98. The number of thioether (sulfide) groups is 1. The van der Waals surface area contributed by atoms with Crippen LogP contribution in [0.4, 0.5) is 0 Å². The summed E-state index contributed by atoms with van der Waals surface area (Å²) < 4.78 is 26.3. The third kappa shape index (κ3) is 4.94. The van der Waals surface area contributed by atoms with E-state index in [9.17, 15) is 13.2 Å². The topological polar surface area (TPSA) is 79.4 Å². The van der Waals surface area contributed by atoms with Crippen LogP contribution in [0, 0.1) is 5.92 Å². The molecule has 0 spiro atoms. The molecule has 24 heavy (non-hydrogen) atoms. The Morgan fingerprint density at radius 3 is 2.50 bits per heavy atom. The molecule has 0 radical (unpaired) electrons.